The van der Waals surface area contributed by atoms with E-state index in [1.54, 1.807) is 0 Å². The molecule has 0 aromatic rings. The van der Waals surface area contributed by atoms with Crippen LogP contribution in [-0.2, 0) is 0 Å². The molecule has 0 saturated heterocycles. The molecule has 0 aromatic carbocycles. The van der Waals surface area contributed by atoms with E-state index in [9.17, 15) is 13.2 Å². The van der Waals surface area contributed by atoms with E-state index in [4.69, 9.17) is 0 Å². The quantitative estimate of drug-likeness (QED) is 0.502. The number of hydrogen-bond donors (Lipinski definition) is 0. The van der Waals surface area contributed by atoms with Crippen molar-refractivity contribution in [2.24, 2.45) is 35.5 Å². The number of rotatable bonds is 3. The highest BCUT2D eigenvalue weighted by atomic mass is 19.2. The van der Waals surface area contributed by atoms with Crippen molar-refractivity contribution in [1.82, 2.24) is 0 Å². The molecular formula is C22H35F3. The summed E-state index contributed by atoms with van der Waals surface area (Å²) in [5, 5.41) is 0. The van der Waals surface area contributed by atoms with Crippen LogP contribution < -0.4 is 0 Å². The van der Waals surface area contributed by atoms with Crippen molar-refractivity contribution in [2.75, 3.05) is 0 Å². The van der Waals surface area contributed by atoms with Crippen molar-refractivity contribution < 1.29 is 13.2 Å². The van der Waals surface area contributed by atoms with Crippen molar-refractivity contribution in [3.05, 3.63) is 11.9 Å². The smallest absolute Gasteiger partial charge is 0.134 e. The maximum atomic E-state index is 14.7. The Morgan fingerprint density at radius 1 is 0.760 bits per heavy atom. The fourth-order valence-electron chi connectivity index (χ4n) is 5.46. The summed E-state index contributed by atoms with van der Waals surface area (Å²) in [6.07, 6.45) is 8.88. The van der Waals surface area contributed by atoms with E-state index in [1.807, 2.05) is 13.0 Å². The van der Waals surface area contributed by atoms with Crippen molar-refractivity contribution in [3.63, 3.8) is 0 Å². The van der Waals surface area contributed by atoms with E-state index < -0.39 is 12.3 Å². The molecule has 144 valence electrons. The van der Waals surface area contributed by atoms with Gasteiger partial charge in [0.05, 0.1) is 5.83 Å². The van der Waals surface area contributed by atoms with Gasteiger partial charge in [-0.3, -0.25) is 0 Å². The van der Waals surface area contributed by atoms with E-state index in [1.165, 1.54) is 12.8 Å². The van der Waals surface area contributed by atoms with Crippen molar-refractivity contribution in [1.29, 1.82) is 0 Å². The lowest BCUT2D eigenvalue weighted by Crippen LogP contribution is -2.41. The molecule has 0 aromatic heterocycles. The summed E-state index contributed by atoms with van der Waals surface area (Å²) in [5.74, 6) is 1.26. The molecule has 3 rings (SSSR count). The standard InChI is InChI=1S/C22H35F3/c1-14-3-6-16(7-4-14)13-20(23)18-10-8-17(9-11-18)19-12-5-15(2)21(24)22(19)25/h13-19,21-22H,3-12H2,1-2H3/b20-13-. The third kappa shape index (κ3) is 4.63. The van der Waals surface area contributed by atoms with Crippen LogP contribution in [0, 0.1) is 35.5 Å². The van der Waals surface area contributed by atoms with Crippen LogP contribution in [0.5, 0.6) is 0 Å². The Bertz CT molecular complexity index is 444. The predicted molar refractivity (Wildman–Crippen MR) is 97.4 cm³/mol. The molecule has 0 N–H and O–H groups in total. The summed E-state index contributed by atoms with van der Waals surface area (Å²) in [5.41, 5.74) is 0. The van der Waals surface area contributed by atoms with Gasteiger partial charge in [0.2, 0.25) is 0 Å². The molecule has 25 heavy (non-hydrogen) atoms. The molecule has 0 bridgehead atoms. The predicted octanol–water partition coefficient (Wildman–Crippen LogP) is 7.19. The molecule has 0 amide bonds. The van der Waals surface area contributed by atoms with Crippen molar-refractivity contribution in [3.8, 4) is 0 Å². The van der Waals surface area contributed by atoms with Gasteiger partial charge in [-0.2, -0.15) is 0 Å². The van der Waals surface area contributed by atoms with Crippen LogP contribution in [0.2, 0.25) is 0 Å². The molecule has 0 nitrogen and oxygen atoms in total. The van der Waals surface area contributed by atoms with Crippen LogP contribution >= 0.6 is 0 Å². The van der Waals surface area contributed by atoms with E-state index in [0.29, 0.717) is 5.92 Å². The Morgan fingerprint density at radius 2 is 1.40 bits per heavy atom. The molecular weight excluding hydrogens is 321 g/mol. The number of halogens is 3. The highest BCUT2D eigenvalue weighted by Crippen LogP contribution is 2.45. The Kier molecular flexibility index (Phi) is 6.55. The van der Waals surface area contributed by atoms with Crippen LogP contribution in [0.25, 0.3) is 0 Å². The highest BCUT2D eigenvalue weighted by molar-refractivity contribution is 5.04. The van der Waals surface area contributed by atoms with Gasteiger partial charge in [0.25, 0.3) is 0 Å². The normalized spacial score (nSPS) is 46.8. The van der Waals surface area contributed by atoms with Gasteiger partial charge in [0.15, 0.2) is 0 Å². The van der Waals surface area contributed by atoms with Gasteiger partial charge in [0, 0.05) is 5.92 Å². The van der Waals surface area contributed by atoms with Crippen LogP contribution in [0.4, 0.5) is 13.2 Å². The van der Waals surface area contributed by atoms with Crippen LogP contribution in [-0.4, -0.2) is 12.3 Å². The lowest BCUT2D eigenvalue weighted by atomic mass is 9.68. The van der Waals surface area contributed by atoms with E-state index in [-0.39, 0.29) is 29.5 Å². The average Bonchev–Trinajstić information content (AvgIpc) is 2.62. The van der Waals surface area contributed by atoms with Gasteiger partial charge < -0.3 is 0 Å². The molecule has 3 saturated carbocycles. The van der Waals surface area contributed by atoms with Gasteiger partial charge in [-0.15, -0.1) is 0 Å². The molecule has 0 aliphatic heterocycles. The molecule has 3 heteroatoms. The van der Waals surface area contributed by atoms with Crippen LogP contribution in [0.1, 0.15) is 78.1 Å². The van der Waals surface area contributed by atoms with Crippen LogP contribution in [0.15, 0.2) is 11.9 Å². The summed E-state index contributed by atoms with van der Waals surface area (Å²) >= 11 is 0. The molecule has 3 aliphatic rings. The molecule has 0 spiro atoms. The van der Waals surface area contributed by atoms with Gasteiger partial charge in [-0.05, 0) is 87.0 Å². The summed E-state index contributed by atoms with van der Waals surface area (Å²) in [6.45, 7) is 4.10. The molecule has 4 unspecified atom stereocenters. The second-order valence-corrected chi connectivity index (χ2v) is 9.29. The first kappa shape index (κ1) is 19.3. The van der Waals surface area contributed by atoms with Gasteiger partial charge in [-0.25, -0.2) is 13.2 Å². The number of allylic oxidation sites excluding steroid dienone is 2. The zero-order valence-electron chi connectivity index (χ0n) is 15.9. The summed E-state index contributed by atoms with van der Waals surface area (Å²) in [6, 6.07) is 0. The molecule has 3 fully saturated rings. The van der Waals surface area contributed by atoms with Crippen LogP contribution in [0.3, 0.4) is 0 Å². The minimum atomic E-state index is -1.31. The Balaban J connectivity index is 1.50. The van der Waals surface area contributed by atoms with E-state index in [0.717, 1.165) is 57.3 Å². The van der Waals surface area contributed by atoms with E-state index >= 15 is 0 Å². The van der Waals surface area contributed by atoms with Gasteiger partial charge in [-0.1, -0.05) is 26.7 Å². The summed E-state index contributed by atoms with van der Waals surface area (Å²) < 4.78 is 43.1. The maximum Gasteiger partial charge on any atom is 0.134 e. The zero-order chi connectivity index (χ0) is 18.0. The summed E-state index contributed by atoms with van der Waals surface area (Å²) in [7, 11) is 0. The van der Waals surface area contributed by atoms with E-state index in [2.05, 4.69) is 6.92 Å². The maximum absolute atomic E-state index is 14.7. The minimum absolute atomic E-state index is 0.0253. The SMILES string of the molecule is CC1CCC(/C=C(\F)C2CCC(C3CCC(C)C(F)C3F)CC2)CC1. The molecule has 4 atom stereocenters. The molecule has 0 heterocycles. The van der Waals surface area contributed by atoms with Crippen molar-refractivity contribution >= 4 is 0 Å². The van der Waals surface area contributed by atoms with Gasteiger partial charge >= 0.3 is 0 Å². The first-order chi connectivity index (χ1) is 12.0. The Morgan fingerprint density at radius 3 is 2.04 bits per heavy atom. The fourth-order valence-corrected chi connectivity index (χ4v) is 5.46. The lowest BCUT2D eigenvalue weighted by Gasteiger charge is -2.40. The first-order valence-corrected chi connectivity index (χ1v) is 10.6. The molecule has 3 aliphatic carbocycles. The molecule has 0 radical (unpaired) electrons. The first-order valence-electron chi connectivity index (χ1n) is 10.6. The average molecular weight is 357 g/mol. The topological polar surface area (TPSA) is 0 Å². The Hall–Kier alpha value is -0.470. The van der Waals surface area contributed by atoms with Crippen molar-refractivity contribution in [2.45, 2.75) is 90.4 Å². The third-order valence-electron chi connectivity index (χ3n) is 7.43. The fraction of sp³-hybridized carbons (Fsp3) is 0.909. The monoisotopic (exact) mass is 356 g/mol. The third-order valence-corrected chi connectivity index (χ3v) is 7.43. The zero-order valence-corrected chi connectivity index (χ0v) is 15.9. The Labute approximate surface area is 151 Å². The second kappa shape index (κ2) is 8.48. The number of alkyl halides is 2. The lowest BCUT2D eigenvalue weighted by molar-refractivity contribution is -0.00585. The minimum Gasteiger partial charge on any atom is -0.244 e. The summed E-state index contributed by atoms with van der Waals surface area (Å²) in [4.78, 5) is 0. The van der Waals surface area contributed by atoms with Gasteiger partial charge in [0.1, 0.15) is 12.3 Å². The number of hydrogen-bond acceptors (Lipinski definition) is 0. The second-order valence-electron chi connectivity index (χ2n) is 9.29. The largest absolute Gasteiger partial charge is 0.244 e. The highest BCUT2D eigenvalue weighted by Gasteiger charge is 2.42.